The minimum atomic E-state index is -0.0316. The molecule has 1 aromatic heterocycles. The summed E-state index contributed by atoms with van der Waals surface area (Å²) in [6.07, 6.45) is 3.78. The molecule has 0 aliphatic rings. The van der Waals surface area contributed by atoms with E-state index in [9.17, 15) is 0 Å². The number of aromatic nitrogens is 2. The maximum atomic E-state index is 5.72. The van der Waals surface area contributed by atoms with Gasteiger partial charge in [0.15, 0.2) is 0 Å². The van der Waals surface area contributed by atoms with Crippen LogP contribution in [0.1, 0.15) is 39.3 Å². The molecule has 74 valence electrons. The molecular weight excluding hydrogens is 162 g/mol. The average molecular weight is 181 g/mol. The van der Waals surface area contributed by atoms with Crippen LogP contribution in [0.3, 0.4) is 0 Å². The van der Waals surface area contributed by atoms with E-state index in [0.29, 0.717) is 12.5 Å². The van der Waals surface area contributed by atoms with E-state index in [-0.39, 0.29) is 5.54 Å². The average Bonchev–Trinajstić information content (AvgIpc) is 2.52. The molecule has 0 bridgehead atoms. The van der Waals surface area contributed by atoms with Gasteiger partial charge in [-0.1, -0.05) is 13.8 Å². The number of hydrogen-bond donors (Lipinski definition) is 1. The molecule has 0 atom stereocenters. The summed E-state index contributed by atoms with van der Waals surface area (Å²) in [6, 6.07) is 0. The van der Waals surface area contributed by atoms with Gasteiger partial charge < -0.3 is 10.3 Å². The molecule has 3 nitrogen and oxygen atoms in total. The van der Waals surface area contributed by atoms with Crippen molar-refractivity contribution in [2.75, 3.05) is 6.54 Å². The second-order valence-corrected chi connectivity index (χ2v) is 4.36. The molecule has 1 rings (SSSR count). The van der Waals surface area contributed by atoms with Gasteiger partial charge in [-0.3, -0.25) is 0 Å². The van der Waals surface area contributed by atoms with Gasteiger partial charge in [0.1, 0.15) is 0 Å². The zero-order valence-corrected chi connectivity index (χ0v) is 8.91. The van der Waals surface area contributed by atoms with E-state index in [0.717, 1.165) is 0 Å². The molecule has 13 heavy (non-hydrogen) atoms. The predicted octanol–water partition coefficient (Wildman–Crippen LogP) is 1.70. The predicted molar refractivity (Wildman–Crippen MR) is 54.7 cm³/mol. The molecule has 0 radical (unpaired) electrons. The van der Waals surface area contributed by atoms with E-state index in [1.54, 1.807) is 0 Å². The highest BCUT2D eigenvalue weighted by molar-refractivity contribution is 5.07. The van der Waals surface area contributed by atoms with Crippen molar-refractivity contribution in [1.29, 1.82) is 0 Å². The van der Waals surface area contributed by atoms with Gasteiger partial charge in [0.2, 0.25) is 0 Å². The van der Waals surface area contributed by atoms with E-state index in [2.05, 4.69) is 37.2 Å². The number of rotatable bonds is 3. The Hall–Kier alpha value is -0.830. The lowest BCUT2D eigenvalue weighted by Crippen LogP contribution is -2.35. The third-order valence-corrected chi connectivity index (χ3v) is 2.41. The highest BCUT2D eigenvalue weighted by Crippen LogP contribution is 2.21. The Bertz CT molecular complexity index is 273. The van der Waals surface area contributed by atoms with Crippen LogP contribution in [0, 0.1) is 0 Å². The summed E-state index contributed by atoms with van der Waals surface area (Å²) in [7, 11) is 0. The second kappa shape index (κ2) is 3.50. The Balaban J connectivity index is 3.07. The number of hydrogen-bond acceptors (Lipinski definition) is 2. The van der Waals surface area contributed by atoms with Crippen molar-refractivity contribution in [3.63, 3.8) is 0 Å². The molecule has 0 saturated heterocycles. The Kier molecular flexibility index (Phi) is 2.76. The number of imidazole rings is 1. The first kappa shape index (κ1) is 10.3. The quantitative estimate of drug-likeness (QED) is 0.771. The molecule has 3 heteroatoms. The largest absolute Gasteiger partial charge is 0.328 e. The standard InChI is InChI=1S/C10H19N3/c1-8(2)9-5-12-7-13(9)10(3,4)6-11/h5,7-8H,6,11H2,1-4H3. The summed E-state index contributed by atoms with van der Waals surface area (Å²) in [6.45, 7) is 9.21. The van der Waals surface area contributed by atoms with Crippen LogP contribution < -0.4 is 5.73 Å². The minimum Gasteiger partial charge on any atom is -0.328 e. The van der Waals surface area contributed by atoms with E-state index in [4.69, 9.17) is 5.73 Å². The van der Waals surface area contributed by atoms with Crippen LogP contribution >= 0.6 is 0 Å². The molecule has 0 fully saturated rings. The zero-order chi connectivity index (χ0) is 10.1. The van der Waals surface area contributed by atoms with Gasteiger partial charge in [-0.2, -0.15) is 0 Å². The van der Waals surface area contributed by atoms with Crippen molar-refractivity contribution in [2.24, 2.45) is 5.73 Å². The van der Waals surface area contributed by atoms with Crippen molar-refractivity contribution in [1.82, 2.24) is 9.55 Å². The van der Waals surface area contributed by atoms with Gasteiger partial charge >= 0.3 is 0 Å². The lowest BCUT2D eigenvalue weighted by atomic mass is 10.0. The van der Waals surface area contributed by atoms with Gasteiger partial charge in [-0.05, 0) is 19.8 Å². The SMILES string of the molecule is CC(C)c1cncn1C(C)(C)CN. The Morgan fingerprint density at radius 1 is 1.54 bits per heavy atom. The normalized spacial score (nSPS) is 12.5. The van der Waals surface area contributed by atoms with Gasteiger partial charge in [-0.15, -0.1) is 0 Å². The molecular formula is C10H19N3. The zero-order valence-electron chi connectivity index (χ0n) is 8.91. The molecule has 2 N–H and O–H groups in total. The summed E-state index contributed by atoms with van der Waals surface area (Å²) >= 11 is 0. The maximum absolute atomic E-state index is 5.72. The highest BCUT2D eigenvalue weighted by atomic mass is 15.1. The summed E-state index contributed by atoms with van der Waals surface area (Å²) in [4.78, 5) is 4.17. The lowest BCUT2D eigenvalue weighted by molar-refractivity contribution is 0.352. The van der Waals surface area contributed by atoms with Gasteiger partial charge in [-0.25, -0.2) is 4.98 Å². The third kappa shape index (κ3) is 1.91. The molecule has 0 aliphatic heterocycles. The maximum Gasteiger partial charge on any atom is 0.0953 e. The third-order valence-electron chi connectivity index (χ3n) is 2.41. The van der Waals surface area contributed by atoms with Crippen LogP contribution in [-0.2, 0) is 5.54 Å². The summed E-state index contributed by atoms with van der Waals surface area (Å²) in [5.41, 5.74) is 6.93. The molecule has 1 heterocycles. The molecule has 0 saturated carbocycles. The molecule has 0 amide bonds. The fourth-order valence-corrected chi connectivity index (χ4v) is 1.34. The van der Waals surface area contributed by atoms with Crippen molar-refractivity contribution < 1.29 is 0 Å². The highest BCUT2D eigenvalue weighted by Gasteiger charge is 2.21. The first-order valence-corrected chi connectivity index (χ1v) is 4.72. The Morgan fingerprint density at radius 3 is 2.62 bits per heavy atom. The second-order valence-electron chi connectivity index (χ2n) is 4.36. The minimum absolute atomic E-state index is 0.0316. The van der Waals surface area contributed by atoms with Crippen molar-refractivity contribution in [2.45, 2.75) is 39.2 Å². The topological polar surface area (TPSA) is 43.8 Å². The van der Waals surface area contributed by atoms with Crippen LogP contribution in [0.4, 0.5) is 0 Å². The number of nitrogens with two attached hydrogens (primary N) is 1. The van der Waals surface area contributed by atoms with Crippen LogP contribution in [0.5, 0.6) is 0 Å². The van der Waals surface area contributed by atoms with Gasteiger partial charge in [0, 0.05) is 18.4 Å². The molecule has 1 aromatic rings. The van der Waals surface area contributed by atoms with E-state index < -0.39 is 0 Å². The molecule has 0 aliphatic carbocycles. The van der Waals surface area contributed by atoms with E-state index >= 15 is 0 Å². The first-order chi connectivity index (χ1) is 5.99. The fraction of sp³-hybridized carbons (Fsp3) is 0.700. The van der Waals surface area contributed by atoms with E-state index in [1.165, 1.54) is 5.69 Å². The monoisotopic (exact) mass is 181 g/mol. The van der Waals surface area contributed by atoms with Crippen molar-refractivity contribution in [3.8, 4) is 0 Å². The molecule has 0 aromatic carbocycles. The fourth-order valence-electron chi connectivity index (χ4n) is 1.34. The summed E-state index contributed by atoms with van der Waals surface area (Å²) in [5, 5.41) is 0. The van der Waals surface area contributed by atoms with Crippen LogP contribution in [0.15, 0.2) is 12.5 Å². The number of nitrogens with zero attached hydrogens (tertiary/aromatic N) is 2. The van der Waals surface area contributed by atoms with Crippen molar-refractivity contribution in [3.05, 3.63) is 18.2 Å². The lowest BCUT2D eigenvalue weighted by Gasteiger charge is -2.27. The molecule has 0 unspecified atom stereocenters. The van der Waals surface area contributed by atoms with E-state index in [1.807, 2.05) is 12.5 Å². The van der Waals surface area contributed by atoms with Gasteiger partial charge in [0.25, 0.3) is 0 Å². The van der Waals surface area contributed by atoms with Crippen LogP contribution in [0.25, 0.3) is 0 Å². The Labute approximate surface area is 80.0 Å². The smallest absolute Gasteiger partial charge is 0.0953 e. The van der Waals surface area contributed by atoms with Crippen molar-refractivity contribution >= 4 is 0 Å². The van der Waals surface area contributed by atoms with Gasteiger partial charge in [0.05, 0.1) is 11.9 Å². The van der Waals surface area contributed by atoms with Crippen LogP contribution in [0.2, 0.25) is 0 Å². The van der Waals surface area contributed by atoms with Crippen LogP contribution in [-0.4, -0.2) is 16.1 Å². The first-order valence-electron chi connectivity index (χ1n) is 4.72. The molecule has 0 spiro atoms. The summed E-state index contributed by atoms with van der Waals surface area (Å²) in [5.74, 6) is 0.494. The Morgan fingerprint density at radius 2 is 2.15 bits per heavy atom. The summed E-state index contributed by atoms with van der Waals surface area (Å²) < 4.78 is 2.16.